The molecular weight excluding hydrogens is 224 g/mol. The summed E-state index contributed by atoms with van der Waals surface area (Å²) in [6.45, 7) is 3.70. The highest BCUT2D eigenvalue weighted by Gasteiger charge is 2.21. The van der Waals surface area contributed by atoms with Gasteiger partial charge in [-0.15, -0.1) is 12.4 Å². The molecule has 0 aromatic heterocycles. The van der Waals surface area contributed by atoms with Crippen molar-refractivity contribution in [3.8, 4) is 0 Å². The van der Waals surface area contributed by atoms with E-state index >= 15 is 0 Å². The second-order valence-corrected chi connectivity index (χ2v) is 3.88. The van der Waals surface area contributed by atoms with Crippen LogP contribution in [0.5, 0.6) is 0 Å². The molecule has 2 N–H and O–H groups in total. The second-order valence-electron chi connectivity index (χ2n) is 3.88. The van der Waals surface area contributed by atoms with E-state index in [1.54, 1.807) is 11.9 Å². The van der Waals surface area contributed by atoms with Gasteiger partial charge in [-0.25, -0.2) is 0 Å². The SMILES string of the molecule is CC(N)C(C)C(=O)N(C)c1ccccc1.Cl. The molecule has 0 fully saturated rings. The first-order chi connectivity index (χ1) is 7.04. The van der Waals surface area contributed by atoms with Crippen LogP contribution in [0.2, 0.25) is 0 Å². The van der Waals surface area contributed by atoms with Crippen LogP contribution in [0.4, 0.5) is 5.69 Å². The first-order valence-electron chi connectivity index (χ1n) is 5.12. The molecule has 90 valence electrons. The lowest BCUT2D eigenvalue weighted by Gasteiger charge is -2.23. The van der Waals surface area contributed by atoms with Crippen LogP contribution in [0.3, 0.4) is 0 Å². The maximum atomic E-state index is 11.9. The summed E-state index contributed by atoms with van der Waals surface area (Å²) < 4.78 is 0. The Kier molecular flexibility index (Phi) is 6.08. The smallest absolute Gasteiger partial charge is 0.231 e. The first kappa shape index (κ1) is 14.9. The first-order valence-corrected chi connectivity index (χ1v) is 5.12. The van der Waals surface area contributed by atoms with Crippen molar-refractivity contribution in [2.75, 3.05) is 11.9 Å². The zero-order valence-corrected chi connectivity index (χ0v) is 10.7. The summed E-state index contributed by atoms with van der Waals surface area (Å²) in [4.78, 5) is 13.6. The van der Waals surface area contributed by atoms with Gasteiger partial charge in [0.05, 0.1) is 5.92 Å². The number of amides is 1. The standard InChI is InChI=1S/C12H18N2O.ClH/c1-9(10(2)13)12(15)14(3)11-7-5-4-6-8-11;/h4-10H,13H2,1-3H3;1H. The highest BCUT2D eigenvalue weighted by atomic mass is 35.5. The van der Waals surface area contributed by atoms with Crippen LogP contribution in [0.1, 0.15) is 13.8 Å². The van der Waals surface area contributed by atoms with Crippen molar-refractivity contribution in [1.82, 2.24) is 0 Å². The molecule has 0 aliphatic carbocycles. The molecule has 4 heteroatoms. The molecule has 0 saturated heterocycles. The Labute approximate surface area is 103 Å². The van der Waals surface area contributed by atoms with Crippen LogP contribution in [-0.4, -0.2) is 19.0 Å². The van der Waals surface area contributed by atoms with Gasteiger partial charge in [0, 0.05) is 18.8 Å². The molecule has 0 aliphatic rings. The minimum absolute atomic E-state index is 0. The molecule has 0 heterocycles. The highest BCUT2D eigenvalue weighted by Crippen LogP contribution is 2.15. The van der Waals surface area contributed by atoms with Gasteiger partial charge < -0.3 is 10.6 Å². The van der Waals surface area contributed by atoms with Crippen LogP contribution >= 0.6 is 12.4 Å². The third kappa shape index (κ3) is 3.51. The number of para-hydroxylation sites is 1. The van der Waals surface area contributed by atoms with Crippen molar-refractivity contribution in [3.05, 3.63) is 30.3 Å². The maximum absolute atomic E-state index is 11.9. The largest absolute Gasteiger partial charge is 0.327 e. The molecule has 1 amide bonds. The third-order valence-corrected chi connectivity index (χ3v) is 2.65. The number of anilines is 1. The lowest BCUT2D eigenvalue weighted by atomic mass is 10.0. The van der Waals surface area contributed by atoms with Gasteiger partial charge in [0.1, 0.15) is 0 Å². The molecule has 1 aromatic rings. The van der Waals surface area contributed by atoms with E-state index < -0.39 is 0 Å². The van der Waals surface area contributed by atoms with Gasteiger partial charge in [0.15, 0.2) is 0 Å². The van der Waals surface area contributed by atoms with Crippen LogP contribution < -0.4 is 10.6 Å². The van der Waals surface area contributed by atoms with Gasteiger partial charge >= 0.3 is 0 Å². The lowest BCUT2D eigenvalue weighted by molar-refractivity contribution is -0.122. The number of benzene rings is 1. The van der Waals surface area contributed by atoms with Crippen molar-refractivity contribution < 1.29 is 4.79 Å². The molecule has 0 saturated carbocycles. The average Bonchev–Trinajstić information content (AvgIpc) is 2.27. The van der Waals surface area contributed by atoms with Crippen molar-refractivity contribution in [2.45, 2.75) is 19.9 Å². The van der Waals surface area contributed by atoms with Crippen molar-refractivity contribution in [2.24, 2.45) is 11.7 Å². The second kappa shape index (κ2) is 6.51. The fourth-order valence-corrected chi connectivity index (χ4v) is 1.31. The zero-order chi connectivity index (χ0) is 11.4. The molecular formula is C12H19ClN2O. The molecule has 3 nitrogen and oxygen atoms in total. The predicted molar refractivity (Wildman–Crippen MR) is 69.9 cm³/mol. The molecule has 16 heavy (non-hydrogen) atoms. The number of nitrogens with two attached hydrogens (primary N) is 1. The minimum atomic E-state index is -0.157. The van der Waals surface area contributed by atoms with Crippen LogP contribution in [0, 0.1) is 5.92 Å². The van der Waals surface area contributed by atoms with Crippen molar-refractivity contribution in [3.63, 3.8) is 0 Å². The molecule has 0 spiro atoms. The van der Waals surface area contributed by atoms with E-state index in [2.05, 4.69) is 0 Å². The van der Waals surface area contributed by atoms with Gasteiger partial charge in [-0.2, -0.15) is 0 Å². The number of hydrogen-bond donors (Lipinski definition) is 1. The van der Waals surface area contributed by atoms with E-state index in [-0.39, 0.29) is 30.3 Å². The fraction of sp³-hybridized carbons (Fsp3) is 0.417. The average molecular weight is 243 g/mol. The summed E-state index contributed by atoms with van der Waals surface area (Å²) in [6, 6.07) is 9.45. The summed E-state index contributed by atoms with van der Waals surface area (Å²) in [6.07, 6.45) is 0. The predicted octanol–water partition coefficient (Wildman–Crippen LogP) is 2.05. The summed E-state index contributed by atoms with van der Waals surface area (Å²) in [5, 5.41) is 0. The molecule has 2 unspecified atom stereocenters. The molecule has 0 aliphatic heterocycles. The Morgan fingerprint density at radius 2 is 1.75 bits per heavy atom. The summed E-state index contributed by atoms with van der Waals surface area (Å²) in [5.41, 5.74) is 6.60. The summed E-state index contributed by atoms with van der Waals surface area (Å²) in [7, 11) is 1.77. The van der Waals surface area contributed by atoms with Gasteiger partial charge in [0.2, 0.25) is 5.91 Å². The van der Waals surface area contributed by atoms with E-state index in [9.17, 15) is 4.79 Å². The van der Waals surface area contributed by atoms with Crippen LogP contribution in [-0.2, 0) is 4.79 Å². The molecule has 0 bridgehead atoms. The monoisotopic (exact) mass is 242 g/mol. The summed E-state index contributed by atoms with van der Waals surface area (Å²) >= 11 is 0. The quantitative estimate of drug-likeness (QED) is 0.882. The van der Waals surface area contributed by atoms with Gasteiger partial charge in [-0.1, -0.05) is 25.1 Å². The third-order valence-electron chi connectivity index (χ3n) is 2.65. The topological polar surface area (TPSA) is 46.3 Å². The van der Waals surface area contributed by atoms with Crippen molar-refractivity contribution in [1.29, 1.82) is 0 Å². The number of rotatable bonds is 3. The lowest BCUT2D eigenvalue weighted by Crippen LogP contribution is -2.39. The number of halogens is 1. The van der Waals surface area contributed by atoms with Crippen molar-refractivity contribution >= 4 is 24.0 Å². The number of nitrogens with zero attached hydrogens (tertiary/aromatic N) is 1. The molecule has 2 atom stereocenters. The number of carbonyl (C=O) groups is 1. The Bertz CT molecular complexity index is 327. The zero-order valence-electron chi connectivity index (χ0n) is 9.88. The highest BCUT2D eigenvalue weighted by molar-refractivity contribution is 5.94. The molecule has 1 aromatic carbocycles. The Hall–Kier alpha value is -1.06. The fourth-order valence-electron chi connectivity index (χ4n) is 1.31. The Morgan fingerprint density at radius 3 is 2.19 bits per heavy atom. The van der Waals surface area contributed by atoms with E-state index in [4.69, 9.17) is 5.73 Å². The molecule has 0 radical (unpaired) electrons. The van der Waals surface area contributed by atoms with E-state index in [1.807, 2.05) is 44.2 Å². The van der Waals surface area contributed by atoms with E-state index in [0.717, 1.165) is 5.69 Å². The van der Waals surface area contributed by atoms with Crippen LogP contribution in [0.25, 0.3) is 0 Å². The Balaban J connectivity index is 0.00000225. The van der Waals surface area contributed by atoms with E-state index in [0.29, 0.717) is 0 Å². The number of carbonyl (C=O) groups excluding carboxylic acids is 1. The van der Waals surface area contributed by atoms with Gasteiger partial charge in [0.25, 0.3) is 0 Å². The number of hydrogen-bond acceptors (Lipinski definition) is 2. The van der Waals surface area contributed by atoms with E-state index in [1.165, 1.54) is 0 Å². The maximum Gasteiger partial charge on any atom is 0.231 e. The summed E-state index contributed by atoms with van der Waals surface area (Å²) in [5.74, 6) is -0.105. The van der Waals surface area contributed by atoms with Gasteiger partial charge in [-0.3, -0.25) is 4.79 Å². The normalized spacial score (nSPS) is 13.5. The van der Waals surface area contributed by atoms with Crippen LogP contribution in [0.15, 0.2) is 30.3 Å². The van der Waals surface area contributed by atoms with Gasteiger partial charge in [-0.05, 0) is 19.1 Å². The molecule has 1 rings (SSSR count). The Morgan fingerprint density at radius 1 is 1.25 bits per heavy atom. The minimum Gasteiger partial charge on any atom is -0.327 e.